The van der Waals surface area contributed by atoms with Crippen LogP contribution in [-0.4, -0.2) is 6.54 Å². The van der Waals surface area contributed by atoms with Crippen molar-refractivity contribution < 1.29 is 40.8 Å². The summed E-state index contributed by atoms with van der Waals surface area (Å²) in [6.07, 6.45) is 23.9. The Hall–Kier alpha value is 1.05. The molecule has 0 saturated heterocycles. The molecule has 0 spiro atoms. The van der Waals surface area contributed by atoms with E-state index in [9.17, 15) is 0 Å². The molecule has 0 aliphatic carbocycles. The van der Waals surface area contributed by atoms with E-state index in [0.717, 1.165) is 6.54 Å². The molecule has 0 unspecified atom stereocenters. The van der Waals surface area contributed by atoms with Gasteiger partial charge in [-0.05, 0) is 38.6 Å². The molecule has 2 heteroatoms. The second kappa shape index (κ2) is 22.3. The van der Waals surface area contributed by atoms with Crippen LogP contribution < -0.4 is 5.73 Å². The molecule has 0 radical (unpaired) electrons. The summed E-state index contributed by atoms with van der Waals surface area (Å²) < 4.78 is 0. The van der Waals surface area contributed by atoms with Gasteiger partial charge < -0.3 is 5.73 Å². The van der Waals surface area contributed by atoms with E-state index >= 15 is 0 Å². The number of unbranched alkanes of at least 4 members (excludes halogenated alkanes) is 12. The van der Waals surface area contributed by atoms with Crippen molar-refractivity contribution in [3.63, 3.8) is 0 Å². The van der Waals surface area contributed by atoms with Crippen molar-refractivity contribution >= 4 is 0 Å². The molecule has 0 fully saturated rings. The van der Waals surface area contributed by atoms with Crippen LogP contribution in [0.4, 0.5) is 0 Å². The van der Waals surface area contributed by atoms with Crippen LogP contribution in [0.2, 0.25) is 0 Å². The van der Waals surface area contributed by atoms with Gasteiger partial charge >= 0.3 is 0 Å². The minimum atomic E-state index is 0. The largest absolute Gasteiger partial charge is 0.330 e. The first-order chi connectivity index (χ1) is 9.41. The minimum Gasteiger partial charge on any atom is -0.330 e. The van der Waals surface area contributed by atoms with E-state index in [1.807, 2.05) is 0 Å². The number of hydrogen-bond acceptors (Lipinski definition) is 1. The third-order valence-corrected chi connectivity index (χ3v) is 3.72. The van der Waals surface area contributed by atoms with Crippen LogP contribution in [0.5, 0.6) is 0 Å². The van der Waals surface area contributed by atoms with Crippen LogP contribution in [0.25, 0.3) is 0 Å². The average Bonchev–Trinajstić information content (AvgIpc) is 2.43. The normalized spacial score (nSPS) is 10.9. The molecule has 0 heterocycles. The van der Waals surface area contributed by atoms with Crippen molar-refractivity contribution in [2.75, 3.05) is 6.54 Å². The molecule has 20 heavy (non-hydrogen) atoms. The van der Waals surface area contributed by atoms with Crippen molar-refractivity contribution in [3.8, 4) is 0 Å². The van der Waals surface area contributed by atoms with Gasteiger partial charge in [0.05, 0.1) is 0 Å². The summed E-state index contributed by atoms with van der Waals surface area (Å²) in [4.78, 5) is 0. The first kappa shape index (κ1) is 23.3. The third-order valence-electron chi connectivity index (χ3n) is 3.72. The third kappa shape index (κ3) is 21.4. The van der Waals surface area contributed by atoms with Gasteiger partial charge in [0.15, 0.2) is 0 Å². The van der Waals surface area contributed by atoms with Crippen LogP contribution in [0.15, 0.2) is 12.2 Å². The molecule has 1 nitrogen and oxygen atoms in total. The number of allylic oxidation sites excluding steroid dienone is 2. The Morgan fingerprint density at radius 1 is 0.600 bits per heavy atom. The minimum absolute atomic E-state index is 0. The summed E-state index contributed by atoms with van der Waals surface area (Å²) in [5.41, 5.74) is 5.47. The molecule has 0 aliphatic heterocycles. The van der Waals surface area contributed by atoms with Crippen LogP contribution in [0.3, 0.4) is 0 Å². The maximum Gasteiger partial charge on any atom is 0 e. The standard InChI is InChI=1S/C18H37N.Nd/c1-2-3-4-5-6-7-8-9-10-11-12-13-14-15-16-17-18-19;/h9-10H,2-8,11-19H2,1H3;/b10-9-;. The van der Waals surface area contributed by atoms with E-state index < -0.39 is 0 Å². The predicted molar refractivity (Wildman–Crippen MR) is 88.5 cm³/mol. The maximum absolute atomic E-state index is 5.47. The predicted octanol–water partition coefficient (Wildman–Crippen LogP) is 5.98. The first-order valence-electron chi connectivity index (χ1n) is 8.77. The Kier molecular flexibility index (Phi) is 26.0. The van der Waals surface area contributed by atoms with E-state index in [-0.39, 0.29) is 40.8 Å². The van der Waals surface area contributed by atoms with Crippen LogP contribution in [0.1, 0.15) is 96.8 Å². The Labute approximate surface area is 161 Å². The maximum atomic E-state index is 5.47. The molecule has 0 bridgehead atoms. The summed E-state index contributed by atoms with van der Waals surface area (Å²) in [5.74, 6) is 0. The fourth-order valence-corrected chi connectivity index (χ4v) is 2.39. The zero-order chi connectivity index (χ0) is 14.0. The van der Waals surface area contributed by atoms with E-state index in [1.54, 1.807) is 0 Å². The molecular formula is C18H37NNd. The van der Waals surface area contributed by atoms with E-state index in [0.29, 0.717) is 0 Å². The van der Waals surface area contributed by atoms with Crippen molar-refractivity contribution in [3.05, 3.63) is 12.2 Å². The van der Waals surface area contributed by atoms with Crippen molar-refractivity contribution in [1.82, 2.24) is 0 Å². The second-order valence-corrected chi connectivity index (χ2v) is 5.73. The SMILES string of the molecule is CCCCCCCC/C=C\CCCCCCCCN.[Nd]. The Morgan fingerprint density at radius 2 is 1.00 bits per heavy atom. The molecule has 0 aliphatic rings. The van der Waals surface area contributed by atoms with Crippen molar-refractivity contribution in [2.45, 2.75) is 96.8 Å². The van der Waals surface area contributed by atoms with E-state index in [4.69, 9.17) is 5.73 Å². The van der Waals surface area contributed by atoms with Gasteiger partial charge in [0, 0.05) is 40.8 Å². The quantitative estimate of drug-likeness (QED) is 0.260. The summed E-state index contributed by atoms with van der Waals surface area (Å²) in [5, 5.41) is 0. The smallest absolute Gasteiger partial charge is 0 e. The average molecular weight is 412 g/mol. The van der Waals surface area contributed by atoms with Crippen molar-refractivity contribution in [2.24, 2.45) is 5.73 Å². The molecule has 0 amide bonds. The second-order valence-electron chi connectivity index (χ2n) is 5.73. The summed E-state index contributed by atoms with van der Waals surface area (Å²) in [7, 11) is 0. The van der Waals surface area contributed by atoms with E-state index in [2.05, 4.69) is 19.1 Å². The van der Waals surface area contributed by atoms with Gasteiger partial charge in [-0.3, -0.25) is 0 Å². The molecule has 0 atom stereocenters. The molecule has 0 saturated carbocycles. The van der Waals surface area contributed by atoms with Crippen LogP contribution in [-0.2, 0) is 0 Å². The van der Waals surface area contributed by atoms with E-state index in [1.165, 1.54) is 89.9 Å². The molecule has 118 valence electrons. The number of nitrogens with two attached hydrogens (primary N) is 1. The summed E-state index contributed by atoms with van der Waals surface area (Å²) in [6.45, 7) is 3.14. The Balaban J connectivity index is 0. The van der Waals surface area contributed by atoms with Gasteiger partial charge in [0.2, 0.25) is 0 Å². The van der Waals surface area contributed by atoms with Gasteiger partial charge in [-0.2, -0.15) is 0 Å². The fourth-order valence-electron chi connectivity index (χ4n) is 2.39. The number of hydrogen-bond donors (Lipinski definition) is 1. The van der Waals surface area contributed by atoms with Gasteiger partial charge in [-0.1, -0.05) is 76.9 Å². The molecule has 0 aromatic carbocycles. The zero-order valence-electron chi connectivity index (χ0n) is 13.8. The summed E-state index contributed by atoms with van der Waals surface area (Å²) >= 11 is 0. The molecule has 0 aromatic rings. The molecule has 0 aromatic heterocycles. The van der Waals surface area contributed by atoms with Crippen LogP contribution in [0, 0.1) is 40.8 Å². The molecular weight excluding hydrogens is 374 g/mol. The first-order valence-corrected chi connectivity index (χ1v) is 8.77. The Morgan fingerprint density at radius 3 is 1.45 bits per heavy atom. The van der Waals surface area contributed by atoms with Crippen molar-refractivity contribution in [1.29, 1.82) is 0 Å². The zero-order valence-corrected chi connectivity index (χ0v) is 17.0. The molecule has 2 N–H and O–H groups in total. The Bertz CT molecular complexity index is 180. The van der Waals surface area contributed by atoms with Gasteiger partial charge in [0.1, 0.15) is 0 Å². The van der Waals surface area contributed by atoms with Gasteiger partial charge in [-0.15, -0.1) is 0 Å². The van der Waals surface area contributed by atoms with Gasteiger partial charge in [-0.25, -0.2) is 0 Å². The van der Waals surface area contributed by atoms with Crippen LogP contribution >= 0.6 is 0 Å². The fraction of sp³-hybridized carbons (Fsp3) is 0.889. The van der Waals surface area contributed by atoms with Gasteiger partial charge in [0.25, 0.3) is 0 Å². The number of rotatable bonds is 15. The summed E-state index contributed by atoms with van der Waals surface area (Å²) in [6, 6.07) is 0. The molecule has 0 rings (SSSR count). The topological polar surface area (TPSA) is 26.0 Å². The monoisotopic (exact) mass is 409 g/mol.